The fourth-order valence-corrected chi connectivity index (χ4v) is 3.01. The lowest BCUT2D eigenvalue weighted by Gasteiger charge is -2.27. The summed E-state index contributed by atoms with van der Waals surface area (Å²) < 4.78 is 5.35. The third-order valence-electron chi connectivity index (χ3n) is 4.57. The van der Waals surface area contributed by atoms with E-state index < -0.39 is 5.91 Å². The third kappa shape index (κ3) is 4.21. The van der Waals surface area contributed by atoms with Crippen LogP contribution in [0.15, 0.2) is 48.8 Å². The van der Waals surface area contributed by atoms with Crippen LogP contribution in [-0.4, -0.2) is 52.3 Å². The fraction of sp³-hybridized carbons (Fsp3) is 0.182. The normalized spacial score (nSPS) is 13.4. The maximum atomic E-state index is 11.8. The lowest BCUT2D eigenvalue weighted by Crippen LogP contribution is -2.37. The summed E-state index contributed by atoms with van der Waals surface area (Å²) in [4.78, 5) is 26.4. The zero-order chi connectivity index (χ0) is 20.9. The largest absolute Gasteiger partial charge is 0.504 e. The van der Waals surface area contributed by atoms with E-state index in [1.54, 1.807) is 24.5 Å². The van der Waals surface area contributed by atoms with E-state index in [9.17, 15) is 9.90 Å². The predicted octanol–water partition coefficient (Wildman–Crippen LogP) is 1.58. The van der Waals surface area contributed by atoms with Crippen LogP contribution in [0.25, 0.3) is 11.3 Å². The minimum Gasteiger partial charge on any atom is -0.504 e. The number of aromatic hydroxyl groups is 1. The molecule has 150 valence electrons. The van der Waals surface area contributed by atoms with Crippen LogP contribution in [0.2, 0.25) is 0 Å². The van der Waals surface area contributed by atoms with Crippen LogP contribution in [0.1, 0.15) is 21.6 Å². The van der Waals surface area contributed by atoms with Gasteiger partial charge in [0.15, 0.2) is 11.4 Å². The van der Waals surface area contributed by atoms with Crippen LogP contribution in [0.5, 0.6) is 5.75 Å². The highest BCUT2D eigenvalue weighted by molar-refractivity contribution is 5.96. The minimum absolute atomic E-state index is 0.207. The summed E-state index contributed by atoms with van der Waals surface area (Å²) >= 11 is 0. The van der Waals surface area contributed by atoms with Crippen molar-refractivity contribution in [3.8, 4) is 28.8 Å². The minimum atomic E-state index is -0.815. The van der Waals surface area contributed by atoms with Crippen LogP contribution < -0.4 is 10.6 Å². The summed E-state index contributed by atoms with van der Waals surface area (Å²) in [5.41, 5.74) is 7.69. The van der Waals surface area contributed by atoms with Crippen molar-refractivity contribution >= 4 is 11.9 Å². The van der Waals surface area contributed by atoms with E-state index in [-0.39, 0.29) is 17.1 Å². The Hall–Kier alpha value is -3.96. The summed E-state index contributed by atoms with van der Waals surface area (Å²) in [5.74, 6) is 5.29. The van der Waals surface area contributed by atoms with E-state index in [2.05, 4.69) is 26.8 Å². The topological polar surface area (TPSA) is 114 Å². The highest BCUT2D eigenvalue weighted by atomic mass is 16.5. The van der Waals surface area contributed by atoms with Crippen molar-refractivity contribution in [3.63, 3.8) is 0 Å². The number of morpholine rings is 1. The highest BCUT2D eigenvalue weighted by Gasteiger charge is 2.22. The molecule has 0 radical (unpaired) electrons. The molecule has 1 fully saturated rings. The summed E-state index contributed by atoms with van der Waals surface area (Å²) in [5, 5.41) is 10.6. The fourth-order valence-electron chi connectivity index (χ4n) is 3.01. The Morgan fingerprint density at radius 2 is 1.80 bits per heavy atom. The molecule has 30 heavy (non-hydrogen) atoms. The number of hydrogen-bond acceptors (Lipinski definition) is 7. The molecule has 1 amide bonds. The smallest absolute Gasteiger partial charge is 0.271 e. The number of rotatable bonds is 3. The molecule has 1 aliphatic rings. The average molecular weight is 401 g/mol. The molecule has 0 saturated carbocycles. The van der Waals surface area contributed by atoms with Gasteiger partial charge in [-0.15, -0.1) is 0 Å². The molecule has 8 nitrogen and oxygen atoms in total. The lowest BCUT2D eigenvalue weighted by atomic mass is 10.1. The quantitative estimate of drug-likeness (QED) is 0.641. The average Bonchev–Trinajstić information content (AvgIpc) is 2.79. The molecule has 0 aliphatic carbocycles. The molecule has 0 unspecified atom stereocenters. The molecule has 3 heterocycles. The van der Waals surface area contributed by atoms with Crippen molar-refractivity contribution in [2.75, 3.05) is 31.2 Å². The van der Waals surface area contributed by atoms with Gasteiger partial charge in [0.05, 0.1) is 13.2 Å². The molecule has 0 spiro atoms. The van der Waals surface area contributed by atoms with Gasteiger partial charge in [-0.2, -0.15) is 0 Å². The van der Waals surface area contributed by atoms with E-state index in [1.807, 2.05) is 29.2 Å². The van der Waals surface area contributed by atoms with E-state index in [0.717, 1.165) is 11.1 Å². The molecule has 4 rings (SSSR count). The molecule has 1 aromatic carbocycles. The Bertz CT molecular complexity index is 1120. The van der Waals surface area contributed by atoms with Gasteiger partial charge in [0, 0.05) is 42.2 Å². The van der Waals surface area contributed by atoms with Gasteiger partial charge in [0.25, 0.3) is 5.91 Å². The molecular weight excluding hydrogens is 382 g/mol. The van der Waals surface area contributed by atoms with Crippen LogP contribution >= 0.6 is 0 Å². The Labute approximate surface area is 173 Å². The Balaban J connectivity index is 1.68. The van der Waals surface area contributed by atoms with E-state index >= 15 is 0 Å². The first-order chi connectivity index (χ1) is 14.6. The zero-order valence-corrected chi connectivity index (χ0v) is 16.1. The first kappa shape index (κ1) is 19.4. The Morgan fingerprint density at radius 3 is 2.47 bits per heavy atom. The number of amides is 1. The number of benzene rings is 1. The molecule has 8 heteroatoms. The van der Waals surface area contributed by atoms with Gasteiger partial charge in [0.1, 0.15) is 5.69 Å². The number of hydrogen-bond donors (Lipinski definition) is 2. The molecule has 3 N–H and O–H groups in total. The summed E-state index contributed by atoms with van der Waals surface area (Å²) in [6.07, 6.45) is 3.39. The second-order valence-corrected chi connectivity index (χ2v) is 6.60. The number of primary amides is 1. The Morgan fingerprint density at radius 1 is 1.07 bits per heavy atom. The summed E-state index contributed by atoms with van der Waals surface area (Å²) in [6, 6.07) is 10.9. The van der Waals surface area contributed by atoms with Gasteiger partial charge < -0.3 is 20.5 Å². The van der Waals surface area contributed by atoms with Gasteiger partial charge >= 0.3 is 0 Å². The highest BCUT2D eigenvalue weighted by Crippen LogP contribution is 2.31. The predicted molar refractivity (Wildman–Crippen MR) is 111 cm³/mol. The van der Waals surface area contributed by atoms with Crippen molar-refractivity contribution in [1.82, 2.24) is 15.0 Å². The third-order valence-corrected chi connectivity index (χ3v) is 4.57. The maximum absolute atomic E-state index is 11.8. The van der Waals surface area contributed by atoms with Gasteiger partial charge in [-0.25, -0.2) is 9.97 Å². The van der Waals surface area contributed by atoms with Crippen molar-refractivity contribution < 1.29 is 14.6 Å². The summed E-state index contributed by atoms with van der Waals surface area (Å²) in [6.45, 7) is 2.25. The van der Waals surface area contributed by atoms with Crippen molar-refractivity contribution in [2.45, 2.75) is 0 Å². The number of aromatic nitrogens is 3. The van der Waals surface area contributed by atoms with Gasteiger partial charge in [-0.05, 0) is 24.3 Å². The van der Waals surface area contributed by atoms with E-state index in [0.29, 0.717) is 37.8 Å². The Kier molecular flexibility index (Phi) is 5.54. The second kappa shape index (κ2) is 8.59. The number of carbonyl (C=O) groups excluding carboxylic acids is 1. The van der Waals surface area contributed by atoms with Crippen LogP contribution in [0, 0.1) is 11.8 Å². The molecule has 0 bridgehead atoms. The monoisotopic (exact) mass is 401 g/mol. The van der Waals surface area contributed by atoms with Gasteiger partial charge in [0.2, 0.25) is 5.95 Å². The number of nitrogens with two attached hydrogens (primary N) is 1. The van der Waals surface area contributed by atoms with Crippen molar-refractivity contribution in [3.05, 3.63) is 65.6 Å². The number of ether oxygens (including phenoxy) is 1. The number of nitrogens with zero attached hydrogens (tertiary/aromatic N) is 4. The van der Waals surface area contributed by atoms with Gasteiger partial charge in [-0.3, -0.25) is 9.78 Å². The van der Waals surface area contributed by atoms with Gasteiger partial charge in [-0.1, -0.05) is 24.0 Å². The first-order valence-corrected chi connectivity index (χ1v) is 9.38. The van der Waals surface area contributed by atoms with Crippen LogP contribution in [0.4, 0.5) is 5.95 Å². The number of anilines is 1. The number of pyridine rings is 1. The van der Waals surface area contributed by atoms with Crippen LogP contribution in [0.3, 0.4) is 0 Å². The zero-order valence-electron chi connectivity index (χ0n) is 16.1. The SMILES string of the molecule is NC(=O)c1nc(N2CCOCC2)nc(-c2ccc(C#Cc3cccnc3)cc2)c1O. The van der Waals surface area contributed by atoms with Crippen molar-refractivity contribution in [1.29, 1.82) is 0 Å². The second-order valence-electron chi connectivity index (χ2n) is 6.60. The molecule has 3 aromatic rings. The van der Waals surface area contributed by atoms with E-state index in [1.165, 1.54) is 0 Å². The molecular formula is C22H19N5O3. The van der Waals surface area contributed by atoms with Crippen LogP contribution in [-0.2, 0) is 4.74 Å². The molecule has 2 aromatic heterocycles. The lowest BCUT2D eigenvalue weighted by molar-refractivity contribution is 0.0992. The maximum Gasteiger partial charge on any atom is 0.271 e. The van der Waals surface area contributed by atoms with Crippen molar-refractivity contribution in [2.24, 2.45) is 5.73 Å². The van der Waals surface area contributed by atoms with E-state index in [4.69, 9.17) is 10.5 Å². The standard InChI is InChI=1S/C22H19N5O3/c23-21(29)19-20(28)18(25-22(26-19)27-10-12-30-13-11-27)17-7-5-15(6-8-17)3-4-16-2-1-9-24-14-16/h1-2,5-9,14,28H,10-13H2,(H2,23,29). The first-order valence-electron chi connectivity index (χ1n) is 9.38. The number of carbonyl (C=O) groups is 1. The molecule has 1 saturated heterocycles. The summed E-state index contributed by atoms with van der Waals surface area (Å²) in [7, 11) is 0. The molecule has 1 aliphatic heterocycles. The molecule has 0 atom stereocenters.